The molecular formula is C23H26N4O3S2. The number of carbonyl (C=O) groups excluding carboxylic acids is 1. The Morgan fingerprint density at radius 2 is 1.97 bits per heavy atom. The van der Waals surface area contributed by atoms with Crippen LogP contribution in [0.25, 0.3) is 10.2 Å². The molecule has 2 aliphatic rings. The number of thiophene rings is 1. The summed E-state index contributed by atoms with van der Waals surface area (Å²) in [6.07, 6.45) is 2.59. The minimum absolute atomic E-state index is 0.176. The van der Waals surface area contributed by atoms with Gasteiger partial charge in [0, 0.05) is 43.0 Å². The van der Waals surface area contributed by atoms with Gasteiger partial charge < -0.3 is 14.4 Å². The van der Waals surface area contributed by atoms with Gasteiger partial charge in [0.05, 0.1) is 5.25 Å². The van der Waals surface area contributed by atoms with Crippen LogP contribution in [0.15, 0.2) is 35.6 Å². The largest absolute Gasteiger partial charge is 0.454 e. The molecule has 0 aliphatic carbocycles. The van der Waals surface area contributed by atoms with Crippen molar-refractivity contribution in [1.29, 1.82) is 0 Å². The van der Waals surface area contributed by atoms with E-state index in [0.717, 1.165) is 65.9 Å². The highest BCUT2D eigenvalue weighted by atomic mass is 32.2. The average molecular weight is 471 g/mol. The van der Waals surface area contributed by atoms with Gasteiger partial charge in [0.2, 0.25) is 12.7 Å². The molecule has 2 aromatic heterocycles. The predicted octanol–water partition coefficient (Wildman–Crippen LogP) is 3.81. The van der Waals surface area contributed by atoms with Crippen LogP contribution >= 0.6 is 23.1 Å². The SMILES string of the molecule is CCc1cc2c(SC(C)C(=O)N3CCN(Cc4ccc5c(c4)OCO5)CC3)ncnc2s1. The van der Waals surface area contributed by atoms with Crippen molar-refractivity contribution in [1.82, 2.24) is 19.8 Å². The molecule has 1 saturated heterocycles. The number of aryl methyl sites for hydroxylation is 1. The van der Waals surface area contributed by atoms with Gasteiger partial charge in [0.25, 0.3) is 0 Å². The second-order valence-corrected chi connectivity index (χ2v) is 10.5. The summed E-state index contributed by atoms with van der Waals surface area (Å²) in [4.78, 5) is 28.6. The molecule has 168 valence electrons. The van der Waals surface area contributed by atoms with E-state index in [2.05, 4.69) is 40.0 Å². The van der Waals surface area contributed by atoms with Crippen molar-refractivity contribution in [2.45, 2.75) is 37.1 Å². The summed E-state index contributed by atoms with van der Waals surface area (Å²) in [5.74, 6) is 1.80. The Balaban J connectivity index is 1.17. The second-order valence-electron chi connectivity index (χ2n) is 8.01. The zero-order valence-electron chi connectivity index (χ0n) is 18.2. The lowest BCUT2D eigenvalue weighted by Crippen LogP contribution is -2.50. The van der Waals surface area contributed by atoms with E-state index in [1.807, 2.05) is 17.9 Å². The highest BCUT2D eigenvalue weighted by Gasteiger charge is 2.27. The van der Waals surface area contributed by atoms with Gasteiger partial charge in [-0.25, -0.2) is 9.97 Å². The summed E-state index contributed by atoms with van der Waals surface area (Å²) in [5.41, 5.74) is 1.20. The normalized spacial score (nSPS) is 17.1. The Hall–Kier alpha value is -2.36. The molecule has 0 radical (unpaired) electrons. The van der Waals surface area contributed by atoms with Crippen LogP contribution in [0, 0.1) is 0 Å². The quantitative estimate of drug-likeness (QED) is 0.401. The van der Waals surface area contributed by atoms with Gasteiger partial charge in [-0.2, -0.15) is 0 Å². The van der Waals surface area contributed by atoms with E-state index in [4.69, 9.17) is 9.47 Å². The number of amides is 1. The predicted molar refractivity (Wildman–Crippen MR) is 127 cm³/mol. The third-order valence-electron chi connectivity index (χ3n) is 5.86. The van der Waals surface area contributed by atoms with E-state index in [-0.39, 0.29) is 11.2 Å². The number of nitrogens with zero attached hydrogens (tertiary/aromatic N) is 4. The molecule has 0 saturated carbocycles. The van der Waals surface area contributed by atoms with Crippen LogP contribution in [0.2, 0.25) is 0 Å². The molecule has 5 rings (SSSR count). The summed E-state index contributed by atoms with van der Waals surface area (Å²) in [7, 11) is 0. The fourth-order valence-electron chi connectivity index (χ4n) is 4.05. The van der Waals surface area contributed by atoms with Crippen LogP contribution in [0.1, 0.15) is 24.3 Å². The van der Waals surface area contributed by atoms with E-state index in [1.54, 1.807) is 17.7 Å². The van der Waals surface area contributed by atoms with E-state index in [1.165, 1.54) is 22.2 Å². The summed E-state index contributed by atoms with van der Waals surface area (Å²) in [5, 5.41) is 1.78. The third-order valence-corrected chi connectivity index (χ3v) is 8.15. The number of fused-ring (bicyclic) bond motifs is 2. The molecule has 32 heavy (non-hydrogen) atoms. The van der Waals surface area contributed by atoms with E-state index in [0.29, 0.717) is 6.79 Å². The van der Waals surface area contributed by atoms with Crippen LogP contribution in [-0.4, -0.2) is 63.9 Å². The summed E-state index contributed by atoms with van der Waals surface area (Å²) in [6, 6.07) is 8.27. The fraction of sp³-hybridized carbons (Fsp3) is 0.435. The van der Waals surface area contributed by atoms with Crippen molar-refractivity contribution in [3.63, 3.8) is 0 Å². The van der Waals surface area contributed by atoms with Crippen LogP contribution in [0.4, 0.5) is 0 Å². The molecule has 2 aliphatic heterocycles. The molecule has 1 amide bonds. The van der Waals surface area contributed by atoms with Crippen LogP contribution in [0.3, 0.4) is 0 Å². The third kappa shape index (κ3) is 4.42. The lowest BCUT2D eigenvalue weighted by Gasteiger charge is -2.35. The van der Waals surface area contributed by atoms with Crippen molar-refractivity contribution >= 4 is 39.2 Å². The molecule has 1 atom stereocenters. The molecule has 3 aromatic rings. The number of thioether (sulfide) groups is 1. The highest BCUT2D eigenvalue weighted by Crippen LogP contribution is 2.34. The maximum atomic E-state index is 13.1. The molecule has 0 spiro atoms. The second kappa shape index (κ2) is 9.25. The minimum Gasteiger partial charge on any atom is -0.454 e. The molecule has 7 nitrogen and oxygen atoms in total. The topological polar surface area (TPSA) is 67.8 Å². The monoisotopic (exact) mass is 470 g/mol. The maximum Gasteiger partial charge on any atom is 0.235 e. The number of rotatable bonds is 6. The van der Waals surface area contributed by atoms with E-state index >= 15 is 0 Å². The number of benzene rings is 1. The zero-order valence-corrected chi connectivity index (χ0v) is 19.9. The molecule has 0 bridgehead atoms. The highest BCUT2D eigenvalue weighted by molar-refractivity contribution is 8.00. The van der Waals surface area contributed by atoms with Crippen LogP contribution in [-0.2, 0) is 17.8 Å². The molecule has 0 N–H and O–H groups in total. The fourth-order valence-corrected chi connectivity index (χ4v) is 6.03. The van der Waals surface area contributed by atoms with Gasteiger partial charge in [0.1, 0.15) is 16.2 Å². The smallest absolute Gasteiger partial charge is 0.235 e. The van der Waals surface area contributed by atoms with Gasteiger partial charge in [-0.05, 0) is 37.1 Å². The Kier molecular flexibility index (Phi) is 6.21. The molecule has 1 aromatic carbocycles. The number of aromatic nitrogens is 2. The van der Waals surface area contributed by atoms with Crippen molar-refractivity contribution in [2.75, 3.05) is 33.0 Å². The Bertz CT molecular complexity index is 1130. The first-order chi connectivity index (χ1) is 15.6. The van der Waals surface area contributed by atoms with Gasteiger partial charge in [-0.3, -0.25) is 9.69 Å². The number of hydrogen-bond donors (Lipinski definition) is 0. The minimum atomic E-state index is -0.182. The number of piperazine rings is 1. The first-order valence-corrected chi connectivity index (χ1v) is 12.6. The first-order valence-electron chi connectivity index (χ1n) is 10.9. The van der Waals surface area contributed by atoms with Crippen LogP contribution < -0.4 is 9.47 Å². The van der Waals surface area contributed by atoms with Crippen molar-refractivity contribution in [3.05, 3.63) is 41.0 Å². The average Bonchev–Trinajstić information content (AvgIpc) is 3.46. The molecule has 1 fully saturated rings. The van der Waals surface area contributed by atoms with E-state index in [9.17, 15) is 4.79 Å². The van der Waals surface area contributed by atoms with Gasteiger partial charge in [-0.1, -0.05) is 24.8 Å². The summed E-state index contributed by atoms with van der Waals surface area (Å²) < 4.78 is 10.9. The molecule has 1 unspecified atom stereocenters. The molecule has 4 heterocycles. The maximum absolute atomic E-state index is 13.1. The Morgan fingerprint density at radius 3 is 2.78 bits per heavy atom. The first kappa shape index (κ1) is 21.5. The Labute approximate surface area is 195 Å². The van der Waals surface area contributed by atoms with Crippen molar-refractivity contribution in [3.8, 4) is 11.5 Å². The summed E-state index contributed by atoms with van der Waals surface area (Å²) in [6.45, 7) is 8.47. The van der Waals surface area contributed by atoms with Crippen molar-refractivity contribution < 1.29 is 14.3 Å². The molecular weight excluding hydrogens is 444 g/mol. The molecule has 9 heteroatoms. The Morgan fingerprint density at radius 1 is 1.16 bits per heavy atom. The summed E-state index contributed by atoms with van der Waals surface area (Å²) >= 11 is 3.24. The number of carbonyl (C=O) groups is 1. The lowest BCUT2D eigenvalue weighted by molar-refractivity contribution is -0.132. The number of ether oxygens (including phenoxy) is 2. The zero-order chi connectivity index (χ0) is 22.1. The van der Waals surface area contributed by atoms with Gasteiger partial charge in [-0.15, -0.1) is 11.3 Å². The van der Waals surface area contributed by atoms with Crippen molar-refractivity contribution in [2.24, 2.45) is 0 Å². The van der Waals surface area contributed by atoms with Gasteiger partial charge in [0.15, 0.2) is 11.5 Å². The standard InChI is InChI=1S/C23H26N4O3S2/c1-3-17-11-18-21(24-13-25-22(18)32-17)31-15(2)23(28)27-8-6-26(7-9-27)12-16-4-5-19-20(10-16)30-14-29-19/h4-5,10-11,13,15H,3,6-9,12,14H2,1-2H3. The van der Waals surface area contributed by atoms with Crippen LogP contribution in [0.5, 0.6) is 11.5 Å². The van der Waals surface area contributed by atoms with Gasteiger partial charge >= 0.3 is 0 Å². The number of hydrogen-bond acceptors (Lipinski definition) is 8. The lowest BCUT2D eigenvalue weighted by atomic mass is 10.1. The van der Waals surface area contributed by atoms with E-state index < -0.39 is 0 Å².